The van der Waals surface area contributed by atoms with Gasteiger partial charge in [-0.15, -0.1) is 0 Å². The number of ether oxygens (including phenoxy) is 3. The standard InChI is InChI=1S/C25H21ClN4O3/c1-14-24-18(8-9-27-14)20-11-16(26)10-19(25(20)30-24)15-4-6-17(7-5-15)33-13-21-28-22(31-2)12-23(29-21)32-3/h4-12,30H,13H2,1-3H3. The summed E-state index contributed by atoms with van der Waals surface area (Å²) in [4.78, 5) is 16.5. The van der Waals surface area contributed by atoms with Crippen molar-refractivity contribution in [2.24, 2.45) is 0 Å². The average Bonchev–Trinajstić information content (AvgIpc) is 3.22. The maximum atomic E-state index is 6.48. The van der Waals surface area contributed by atoms with Gasteiger partial charge in [0.15, 0.2) is 5.82 Å². The van der Waals surface area contributed by atoms with Crippen molar-refractivity contribution in [1.29, 1.82) is 0 Å². The molecule has 0 atom stereocenters. The molecule has 0 bridgehead atoms. The van der Waals surface area contributed by atoms with Crippen LogP contribution in [-0.4, -0.2) is 34.2 Å². The lowest BCUT2D eigenvalue weighted by atomic mass is 10.0. The topological polar surface area (TPSA) is 82.1 Å². The molecule has 0 spiro atoms. The van der Waals surface area contributed by atoms with Gasteiger partial charge in [0, 0.05) is 27.6 Å². The van der Waals surface area contributed by atoms with Gasteiger partial charge in [-0.25, -0.2) is 0 Å². The highest BCUT2D eigenvalue weighted by molar-refractivity contribution is 6.32. The van der Waals surface area contributed by atoms with Crippen molar-refractivity contribution in [1.82, 2.24) is 19.9 Å². The van der Waals surface area contributed by atoms with Crippen LogP contribution in [0.25, 0.3) is 32.9 Å². The molecule has 0 aliphatic rings. The van der Waals surface area contributed by atoms with Crippen molar-refractivity contribution in [2.75, 3.05) is 14.2 Å². The molecule has 3 aromatic heterocycles. The van der Waals surface area contributed by atoms with Gasteiger partial charge in [-0.2, -0.15) is 9.97 Å². The van der Waals surface area contributed by atoms with Crippen LogP contribution in [0.15, 0.2) is 54.7 Å². The smallest absolute Gasteiger partial charge is 0.220 e. The molecule has 1 N–H and O–H groups in total. The average molecular weight is 461 g/mol. The molecule has 0 saturated heterocycles. The molecule has 33 heavy (non-hydrogen) atoms. The molecule has 3 heterocycles. The van der Waals surface area contributed by atoms with Crippen molar-refractivity contribution < 1.29 is 14.2 Å². The number of nitrogens with one attached hydrogen (secondary N) is 1. The summed E-state index contributed by atoms with van der Waals surface area (Å²) in [6, 6.07) is 15.4. The molecule has 0 fully saturated rings. The maximum absolute atomic E-state index is 6.48. The van der Waals surface area contributed by atoms with E-state index in [9.17, 15) is 0 Å². The quantitative estimate of drug-likeness (QED) is 0.348. The Morgan fingerprint density at radius 3 is 2.30 bits per heavy atom. The molecule has 0 unspecified atom stereocenters. The molecule has 5 aromatic rings. The highest BCUT2D eigenvalue weighted by Crippen LogP contribution is 2.37. The first-order valence-corrected chi connectivity index (χ1v) is 10.7. The number of fused-ring (bicyclic) bond motifs is 3. The Morgan fingerprint density at radius 2 is 1.61 bits per heavy atom. The normalized spacial score (nSPS) is 11.2. The Morgan fingerprint density at radius 1 is 0.879 bits per heavy atom. The summed E-state index contributed by atoms with van der Waals surface area (Å²) >= 11 is 6.48. The van der Waals surface area contributed by atoms with Crippen LogP contribution in [0.4, 0.5) is 0 Å². The predicted molar refractivity (Wildman–Crippen MR) is 128 cm³/mol. The highest BCUT2D eigenvalue weighted by Gasteiger charge is 2.13. The second kappa shape index (κ2) is 8.60. The van der Waals surface area contributed by atoms with E-state index >= 15 is 0 Å². The zero-order chi connectivity index (χ0) is 22.9. The van der Waals surface area contributed by atoms with Crippen LogP contribution in [0.5, 0.6) is 17.5 Å². The fraction of sp³-hybridized carbons (Fsp3) is 0.160. The molecule has 5 rings (SSSR count). The molecule has 0 aliphatic heterocycles. The van der Waals surface area contributed by atoms with Crippen LogP contribution in [-0.2, 0) is 6.61 Å². The minimum absolute atomic E-state index is 0.183. The Kier molecular flexibility index (Phi) is 5.48. The van der Waals surface area contributed by atoms with Gasteiger partial charge in [-0.3, -0.25) is 4.98 Å². The number of rotatable bonds is 6. The minimum Gasteiger partial charge on any atom is -0.486 e. The highest BCUT2D eigenvalue weighted by atomic mass is 35.5. The second-order valence-corrected chi connectivity index (χ2v) is 7.94. The van der Waals surface area contributed by atoms with Gasteiger partial charge in [0.05, 0.1) is 37.0 Å². The number of halogens is 1. The number of aryl methyl sites for hydroxylation is 1. The minimum atomic E-state index is 0.183. The van der Waals surface area contributed by atoms with E-state index in [4.69, 9.17) is 25.8 Å². The summed E-state index contributed by atoms with van der Waals surface area (Å²) in [6.07, 6.45) is 1.82. The molecule has 8 heteroatoms. The number of aromatic amines is 1. The van der Waals surface area contributed by atoms with Crippen molar-refractivity contribution in [2.45, 2.75) is 13.5 Å². The van der Waals surface area contributed by atoms with Crippen molar-refractivity contribution in [3.63, 3.8) is 0 Å². The molecule has 166 valence electrons. The Bertz CT molecular complexity index is 1440. The van der Waals surface area contributed by atoms with Crippen molar-refractivity contribution >= 4 is 33.4 Å². The number of benzene rings is 2. The summed E-state index contributed by atoms with van der Waals surface area (Å²) in [6.45, 7) is 2.18. The number of aromatic nitrogens is 4. The first-order chi connectivity index (χ1) is 16.1. The lowest BCUT2D eigenvalue weighted by Crippen LogP contribution is -2.04. The van der Waals surface area contributed by atoms with E-state index < -0.39 is 0 Å². The van der Waals surface area contributed by atoms with Gasteiger partial charge in [0.25, 0.3) is 0 Å². The summed E-state index contributed by atoms with van der Waals surface area (Å²) in [5.74, 6) is 2.00. The maximum Gasteiger partial charge on any atom is 0.220 e. The van der Waals surface area contributed by atoms with Crippen molar-refractivity contribution in [3.8, 4) is 28.6 Å². The molecule has 0 aliphatic carbocycles. The van der Waals surface area contributed by atoms with E-state index in [-0.39, 0.29) is 6.61 Å². The van der Waals surface area contributed by atoms with Gasteiger partial charge in [-0.05, 0) is 42.8 Å². The number of H-pyrrole nitrogens is 1. The third-order valence-electron chi connectivity index (χ3n) is 5.46. The molecule has 7 nitrogen and oxygen atoms in total. The first kappa shape index (κ1) is 21.0. The lowest BCUT2D eigenvalue weighted by molar-refractivity contribution is 0.287. The van der Waals surface area contributed by atoms with E-state index in [0.717, 1.165) is 38.6 Å². The number of methoxy groups -OCH3 is 2. The third kappa shape index (κ3) is 4.03. The molecular weight excluding hydrogens is 440 g/mol. The largest absolute Gasteiger partial charge is 0.486 e. The van der Waals surface area contributed by atoms with E-state index in [1.807, 2.05) is 55.6 Å². The van der Waals surface area contributed by atoms with Gasteiger partial charge in [0.2, 0.25) is 11.8 Å². The third-order valence-corrected chi connectivity index (χ3v) is 5.68. The van der Waals surface area contributed by atoms with Crippen molar-refractivity contribution in [3.05, 3.63) is 71.3 Å². The van der Waals surface area contributed by atoms with E-state index in [1.54, 1.807) is 20.3 Å². The Labute approximate surface area is 195 Å². The predicted octanol–water partition coefficient (Wildman–Crippen LogP) is 5.73. The summed E-state index contributed by atoms with van der Waals surface area (Å²) in [7, 11) is 3.09. The van der Waals surface area contributed by atoms with Crippen LogP contribution >= 0.6 is 11.6 Å². The summed E-state index contributed by atoms with van der Waals surface area (Å²) in [5, 5.41) is 2.86. The zero-order valence-electron chi connectivity index (χ0n) is 18.3. The first-order valence-electron chi connectivity index (χ1n) is 10.3. The van der Waals surface area contributed by atoms with Gasteiger partial charge in [-0.1, -0.05) is 23.7 Å². The number of hydrogen-bond donors (Lipinski definition) is 1. The second-order valence-electron chi connectivity index (χ2n) is 7.50. The van der Waals surface area contributed by atoms with Gasteiger partial charge >= 0.3 is 0 Å². The fourth-order valence-corrected chi connectivity index (χ4v) is 4.08. The Balaban J connectivity index is 1.44. The number of hydrogen-bond acceptors (Lipinski definition) is 6. The molecule has 2 aromatic carbocycles. The lowest BCUT2D eigenvalue weighted by Gasteiger charge is -2.10. The summed E-state index contributed by atoms with van der Waals surface area (Å²) < 4.78 is 16.2. The van der Waals surface area contributed by atoms with Gasteiger partial charge in [0.1, 0.15) is 12.4 Å². The van der Waals surface area contributed by atoms with Gasteiger partial charge < -0.3 is 19.2 Å². The monoisotopic (exact) mass is 460 g/mol. The molecule has 0 radical (unpaired) electrons. The van der Waals surface area contributed by atoms with Crippen LogP contribution in [0.1, 0.15) is 11.5 Å². The van der Waals surface area contributed by atoms with Crippen LogP contribution in [0, 0.1) is 6.92 Å². The molecule has 0 saturated carbocycles. The Hall–Kier alpha value is -3.84. The SMILES string of the molecule is COc1cc(OC)nc(COc2ccc(-c3cc(Cl)cc4c3[nH]c3c(C)nccc34)cc2)n1. The molecular formula is C25H21ClN4O3. The molecule has 0 amide bonds. The number of pyridine rings is 1. The summed E-state index contributed by atoms with van der Waals surface area (Å²) in [5.41, 5.74) is 5.03. The van der Waals surface area contributed by atoms with Crippen LogP contribution in [0.2, 0.25) is 5.02 Å². The zero-order valence-corrected chi connectivity index (χ0v) is 19.1. The van der Waals surface area contributed by atoms with Crippen LogP contribution < -0.4 is 14.2 Å². The van der Waals surface area contributed by atoms with Crippen LogP contribution in [0.3, 0.4) is 0 Å². The van der Waals surface area contributed by atoms with E-state index in [2.05, 4.69) is 19.9 Å². The van der Waals surface area contributed by atoms with E-state index in [0.29, 0.717) is 28.4 Å². The van der Waals surface area contributed by atoms with E-state index in [1.165, 1.54) is 0 Å². The fourth-order valence-electron chi connectivity index (χ4n) is 3.86. The number of nitrogens with zero attached hydrogens (tertiary/aromatic N) is 3.